The average Bonchev–Trinajstić information content (AvgIpc) is 3.43. The highest BCUT2D eigenvalue weighted by molar-refractivity contribution is 7.99. The van der Waals surface area contributed by atoms with Crippen LogP contribution in [0.4, 0.5) is 0 Å². The van der Waals surface area contributed by atoms with Gasteiger partial charge in [-0.15, -0.1) is 5.10 Å². The normalized spacial score (nSPS) is 19.8. The van der Waals surface area contributed by atoms with E-state index in [1.54, 1.807) is 9.69 Å². The minimum absolute atomic E-state index is 0.0346. The molecule has 1 aromatic carbocycles. The second-order valence-electron chi connectivity index (χ2n) is 6.25. The van der Waals surface area contributed by atoms with E-state index in [9.17, 15) is 4.79 Å². The number of aromatic nitrogens is 4. The summed E-state index contributed by atoms with van der Waals surface area (Å²) in [4.78, 5) is 12.5. The van der Waals surface area contributed by atoms with Crippen LogP contribution in [0.3, 0.4) is 0 Å². The number of ether oxygens (including phenoxy) is 1. The predicted octanol–water partition coefficient (Wildman–Crippen LogP) is 1.58. The fourth-order valence-corrected chi connectivity index (χ4v) is 3.82. The summed E-state index contributed by atoms with van der Waals surface area (Å²) in [5.74, 6) is 0.227. The van der Waals surface area contributed by atoms with Crippen molar-refractivity contribution in [1.82, 2.24) is 25.2 Å². The second kappa shape index (κ2) is 7.96. The minimum Gasteiger partial charge on any atom is -0.376 e. The van der Waals surface area contributed by atoms with Crippen LogP contribution in [-0.2, 0) is 16.1 Å². The molecule has 26 heavy (non-hydrogen) atoms. The minimum atomic E-state index is -0.0346. The van der Waals surface area contributed by atoms with E-state index in [1.807, 2.05) is 30.3 Å². The first-order valence-electron chi connectivity index (χ1n) is 8.73. The summed E-state index contributed by atoms with van der Waals surface area (Å²) in [5.41, 5.74) is 2.02. The maximum absolute atomic E-state index is 12.5. The van der Waals surface area contributed by atoms with Crippen LogP contribution >= 0.6 is 11.8 Å². The molecule has 0 unspecified atom stereocenters. The van der Waals surface area contributed by atoms with E-state index in [1.165, 1.54) is 11.8 Å². The first-order valence-corrected chi connectivity index (χ1v) is 9.72. The molecule has 2 aromatic rings. The number of carbonyl (C=O) groups is 1. The number of rotatable bonds is 6. The fraction of sp³-hybridized carbons (Fsp3) is 0.471. The molecule has 8 nitrogen and oxygen atoms in total. The summed E-state index contributed by atoms with van der Waals surface area (Å²) in [6.45, 7) is 2.04. The van der Waals surface area contributed by atoms with Crippen molar-refractivity contribution in [1.29, 1.82) is 0 Å². The van der Waals surface area contributed by atoms with Crippen molar-refractivity contribution in [2.75, 3.05) is 18.9 Å². The molecule has 2 aliphatic heterocycles. The third-order valence-corrected chi connectivity index (χ3v) is 5.36. The monoisotopic (exact) mass is 372 g/mol. The number of amides is 1. The molecular weight excluding hydrogens is 352 g/mol. The number of hydrogen-bond acceptors (Lipinski definition) is 7. The molecule has 1 atom stereocenters. The zero-order valence-electron chi connectivity index (χ0n) is 14.3. The van der Waals surface area contributed by atoms with Gasteiger partial charge in [0.2, 0.25) is 5.16 Å². The Kier molecular flexibility index (Phi) is 5.26. The fourth-order valence-electron chi connectivity index (χ4n) is 3.07. The van der Waals surface area contributed by atoms with Crippen LogP contribution in [0.25, 0.3) is 0 Å². The number of tetrazole rings is 1. The van der Waals surface area contributed by atoms with Crippen LogP contribution in [0, 0.1) is 0 Å². The Bertz CT molecular complexity index is 788. The van der Waals surface area contributed by atoms with Crippen molar-refractivity contribution in [3.8, 4) is 0 Å². The number of hydrazone groups is 1. The summed E-state index contributed by atoms with van der Waals surface area (Å²) in [6.07, 6.45) is 3.03. The molecule has 1 saturated heterocycles. The van der Waals surface area contributed by atoms with Gasteiger partial charge in [0.15, 0.2) is 0 Å². The van der Waals surface area contributed by atoms with Crippen LogP contribution in [0.15, 0.2) is 40.6 Å². The molecule has 9 heteroatoms. The van der Waals surface area contributed by atoms with Gasteiger partial charge >= 0.3 is 0 Å². The Balaban J connectivity index is 1.33. The van der Waals surface area contributed by atoms with Gasteiger partial charge in [-0.05, 0) is 28.8 Å². The number of nitrogens with zero attached hydrogens (tertiary/aromatic N) is 6. The quantitative estimate of drug-likeness (QED) is 0.716. The molecule has 0 N–H and O–H groups in total. The van der Waals surface area contributed by atoms with Crippen molar-refractivity contribution in [2.24, 2.45) is 5.10 Å². The van der Waals surface area contributed by atoms with Gasteiger partial charge in [0.05, 0.1) is 30.7 Å². The lowest BCUT2D eigenvalue weighted by Gasteiger charge is -2.12. The smallest absolute Gasteiger partial charge is 0.253 e. The first-order chi connectivity index (χ1) is 12.8. The lowest BCUT2D eigenvalue weighted by atomic mass is 10.1. The van der Waals surface area contributed by atoms with Crippen LogP contribution in [0.1, 0.15) is 24.8 Å². The maximum atomic E-state index is 12.5. The van der Waals surface area contributed by atoms with E-state index in [2.05, 4.69) is 20.6 Å². The van der Waals surface area contributed by atoms with Gasteiger partial charge in [-0.3, -0.25) is 4.79 Å². The highest BCUT2D eigenvalue weighted by Gasteiger charge is 2.23. The van der Waals surface area contributed by atoms with Gasteiger partial charge in [0.25, 0.3) is 5.91 Å². The maximum Gasteiger partial charge on any atom is 0.253 e. The number of thioether (sulfide) groups is 1. The topological polar surface area (TPSA) is 85.5 Å². The highest BCUT2D eigenvalue weighted by atomic mass is 32.2. The molecular formula is C17H20N6O2S. The molecule has 136 valence electrons. The van der Waals surface area contributed by atoms with E-state index in [4.69, 9.17) is 4.74 Å². The van der Waals surface area contributed by atoms with Gasteiger partial charge < -0.3 is 4.74 Å². The zero-order chi connectivity index (χ0) is 17.8. The van der Waals surface area contributed by atoms with Crippen molar-refractivity contribution in [3.63, 3.8) is 0 Å². The summed E-state index contributed by atoms with van der Waals surface area (Å²) in [7, 11) is 0. The lowest BCUT2D eigenvalue weighted by molar-refractivity contribution is -0.127. The Hall–Kier alpha value is -2.26. The number of benzene rings is 1. The second-order valence-corrected chi connectivity index (χ2v) is 7.19. The van der Waals surface area contributed by atoms with Gasteiger partial charge in [-0.1, -0.05) is 42.1 Å². The standard InChI is InChI=1S/C17H20N6O2S/c24-16(22-9-8-15(19-22)13-5-2-1-3-6-13)12-26-17-18-20-21-23(17)11-14-7-4-10-25-14/h1-3,5-6,14H,4,7-12H2/t14-/m1/s1. The predicted molar refractivity (Wildman–Crippen MR) is 96.8 cm³/mol. The third kappa shape index (κ3) is 3.94. The van der Waals surface area contributed by atoms with E-state index in [-0.39, 0.29) is 17.8 Å². The van der Waals surface area contributed by atoms with Crippen LogP contribution < -0.4 is 0 Å². The van der Waals surface area contributed by atoms with E-state index in [0.29, 0.717) is 18.2 Å². The Morgan fingerprint density at radius 2 is 2.19 bits per heavy atom. The molecule has 0 radical (unpaired) electrons. The summed E-state index contributed by atoms with van der Waals surface area (Å²) in [6, 6.07) is 9.96. The van der Waals surface area contributed by atoms with E-state index in [0.717, 1.165) is 37.1 Å². The zero-order valence-corrected chi connectivity index (χ0v) is 15.1. The third-order valence-electron chi connectivity index (χ3n) is 4.42. The van der Waals surface area contributed by atoms with Crippen LogP contribution in [0.5, 0.6) is 0 Å². The molecule has 1 aromatic heterocycles. The molecule has 4 rings (SSSR count). The Morgan fingerprint density at radius 3 is 3.00 bits per heavy atom. The number of hydrogen-bond donors (Lipinski definition) is 0. The number of carbonyl (C=O) groups excluding carboxylic acids is 1. The van der Waals surface area contributed by atoms with Crippen LogP contribution in [-0.4, -0.2) is 61.8 Å². The SMILES string of the molecule is O=C(CSc1nnnn1C[C@H]1CCCO1)N1CCC(c2ccccc2)=N1. The molecule has 0 aliphatic carbocycles. The average molecular weight is 372 g/mol. The summed E-state index contributed by atoms with van der Waals surface area (Å²) < 4.78 is 7.34. The van der Waals surface area contributed by atoms with Gasteiger partial charge in [-0.25, -0.2) is 9.69 Å². The highest BCUT2D eigenvalue weighted by Crippen LogP contribution is 2.20. The van der Waals surface area contributed by atoms with Crippen molar-refractivity contribution >= 4 is 23.4 Å². The molecule has 1 amide bonds. The summed E-state index contributed by atoms with van der Waals surface area (Å²) >= 11 is 1.34. The largest absolute Gasteiger partial charge is 0.376 e. The first kappa shape index (κ1) is 17.2. The van der Waals surface area contributed by atoms with Crippen molar-refractivity contribution in [2.45, 2.75) is 37.1 Å². The molecule has 0 bridgehead atoms. The lowest BCUT2D eigenvalue weighted by Crippen LogP contribution is -2.25. The molecule has 2 aliphatic rings. The van der Waals surface area contributed by atoms with E-state index < -0.39 is 0 Å². The van der Waals surface area contributed by atoms with Gasteiger partial charge in [-0.2, -0.15) is 5.10 Å². The van der Waals surface area contributed by atoms with Crippen molar-refractivity contribution < 1.29 is 9.53 Å². The summed E-state index contributed by atoms with van der Waals surface area (Å²) in [5, 5.41) is 18.4. The molecule has 0 spiro atoms. The van der Waals surface area contributed by atoms with Crippen LogP contribution in [0.2, 0.25) is 0 Å². The van der Waals surface area contributed by atoms with Crippen molar-refractivity contribution in [3.05, 3.63) is 35.9 Å². The van der Waals surface area contributed by atoms with E-state index >= 15 is 0 Å². The molecule has 3 heterocycles. The molecule has 1 fully saturated rings. The van der Waals surface area contributed by atoms with Gasteiger partial charge in [0.1, 0.15) is 0 Å². The van der Waals surface area contributed by atoms with Gasteiger partial charge in [0, 0.05) is 13.0 Å². The molecule has 0 saturated carbocycles. The Morgan fingerprint density at radius 1 is 1.31 bits per heavy atom. The Labute approximate surface area is 155 Å².